The summed E-state index contributed by atoms with van der Waals surface area (Å²) in [7, 11) is 0. The Hall–Kier alpha value is -1.41. The normalized spacial score (nSPS) is 14.6. The van der Waals surface area contributed by atoms with Crippen LogP contribution in [0.3, 0.4) is 0 Å². The van der Waals surface area contributed by atoms with E-state index in [0.29, 0.717) is 12.6 Å². The summed E-state index contributed by atoms with van der Waals surface area (Å²) in [6, 6.07) is 3.13. The molecule has 0 aliphatic heterocycles. The number of rotatable bonds is 6. The van der Waals surface area contributed by atoms with E-state index in [4.69, 9.17) is 4.74 Å². The minimum atomic E-state index is -4.98. The fraction of sp³-hybridized carbons (Fsp3) is 0.389. The Bertz CT molecular complexity index is 782. The van der Waals surface area contributed by atoms with Crippen LogP contribution in [0.15, 0.2) is 28.9 Å². The van der Waals surface area contributed by atoms with Crippen molar-refractivity contribution in [1.82, 2.24) is 4.98 Å². The van der Waals surface area contributed by atoms with Gasteiger partial charge in [0.2, 0.25) is 5.67 Å². The number of pyridine rings is 1. The molecule has 0 radical (unpaired) electrons. The van der Waals surface area contributed by atoms with Gasteiger partial charge in [-0.2, -0.15) is 13.2 Å². The van der Waals surface area contributed by atoms with Crippen molar-refractivity contribution in [3.8, 4) is 16.3 Å². The Kier molecular flexibility index (Phi) is 6.50. The number of halogens is 5. The Morgan fingerprint density at radius 1 is 1.27 bits per heavy atom. The SMILES string of the molecule is C/C=C\c1sc(-c2ccc(OCC(C)(F)C(F)(F)F)cn2)c(Br)c1CC. The van der Waals surface area contributed by atoms with Crippen LogP contribution in [0.4, 0.5) is 17.6 Å². The summed E-state index contributed by atoms with van der Waals surface area (Å²) in [5.74, 6) is 0.0824. The molecule has 26 heavy (non-hydrogen) atoms. The number of allylic oxidation sites excluding steroid dienone is 1. The molecule has 0 bridgehead atoms. The molecule has 2 heterocycles. The van der Waals surface area contributed by atoms with E-state index in [0.717, 1.165) is 20.6 Å². The van der Waals surface area contributed by atoms with Gasteiger partial charge in [-0.1, -0.05) is 13.0 Å². The highest BCUT2D eigenvalue weighted by atomic mass is 79.9. The van der Waals surface area contributed by atoms with Crippen molar-refractivity contribution in [2.24, 2.45) is 0 Å². The number of hydrogen-bond acceptors (Lipinski definition) is 3. The Morgan fingerprint density at radius 2 is 1.96 bits per heavy atom. The van der Waals surface area contributed by atoms with E-state index in [9.17, 15) is 17.6 Å². The first-order valence-electron chi connectivity index (χ1n) is 7.89. The van der Waals surface area contributed by atoms with Crippen LogP contribution in [-0.4, -0.2) is 23.4 Å². The van der Waals surface area contributed by atoms with Gasteiger partial charge >= 0.3 is 6.18 Å². The van der Waals surface area contributed by atoms with Crippen molar-refractivity contribution in [3.05, 3.63) is 39.3 Å². The average molecular weight is 452 g/mol. The van der Waals surface area contributed by atoms with Crippen LogP contribution in [0.1, 0.15) is 31.2 Å². The summed E-state index contributed by atoms with van der Waals surface area (Å²) in [5, 5.41) is 0. The molecule has 8 heteroatoms. The molecular formula is C18H18BrF4NOS. The van der Waals surface area contributed by atoms with Crippen LogP contribution < -0.4 is 4.74 Å². The molecule has 1 unspecified atom stereocenters. The van der Waals surface area contributed by atoms with Gasteiger partial charge in [-0.25, -0.2) is 4.39 Å². The highest BCUT2D eigenvalue weighted by molar-refractivity contribution is 9.10. The van der Waals surface area contributed by atoms with E-state index in [1.54, 1.807) is 17.4 Å². The topological polar surface area (TPSA) is 22.1 Å². The van der Waals surface area contributed by atoms with Gasteiger partial charge in [0.05, 0.1) is 16.8 Å². The van der Waals surface area contributed by atoms with E-state index in [1.807, 2.05) is 19.1 Å². The maximum absolute atomic E-state index is 13.6. The number of hydrogen-bond donors (Lipinski definition) is 0. The Balaban J connectivity index is 2.20. The van der Waals surface area contributed by atoms with Gasteiger partial charge in [-0.15, -0.1) is 11.3 Å². The maximum atomic E-state index is 13.6. The van der Waals surface area contributed by atoms with Crippen molar-refractivity contribution in [1.29, 1.82) is 0 Å². The van der Waals surface area contributed by atoms with E-state index >= 15 is 0 Å². The van der Waals surface area contributed by atoms with E-state index in [2.05, 4.69) is 27.8 Å². The summed E-state index contributed by atoms with van der Waals surface area (Å²) in [5.41, 5.74) is -1.58. The summed E-state index contributed by atoms with van der Waals surface area (Å²) >= 11 is 5.17. The Labute approximate surface area is 162 Å². The third-order valence-electron chi connectivity index (χ3n) is 3.72. The quantitative estimate of drug-likeness (QED) is 0.448. The van der Waals surface area contributed by atoms with Crippen LogP contribution in [-0.2, 0) is 6.42 Å². The van der Waals surface area contributed by atoms with Crippen LogP contribution >= 0.6 is 27.3 Å². The van der Waals surface area contributed by atoms with E-state index in [-0.39, 0.29) is 5.75 Å². The second kappa shape index (κ2) is 8.08. The first-order valence-corrected chi connectivity index (χ1v) is 9.50. The second-order valence-electron chi connectivity index (χ2n) is 5.80. The lowest BCUT2D eigenvalue weighted by molar-refractivity contribution is -0.231. The maximum Gasteiger partial charge on any atom is 0.425 e. The molecule has 2 aromatic heterocycles. The second-order valence-corrected chi connectivity index (χ2v) is 7.65. The highest BCUT2D eigenvalue weighted by Gasteiger charge is 2.52. The molecule has 1 atom stereocenters. The summed E-state index contributed by atoms with van der Waals surface area (Å²) < 4.78 is 57.0. The molecule has 0 aliphatic carbocycles. The van der Waals surface area contributed by atoms with Gasteiger partial charge < -0.3 is 4.74 Å². The zero-order chi connectivity index (χ0) is 19.5. The lowest BCUT2D eigenvalue weighted by atomic mass is 10.1. The zero-order valence-corrected chi connectivity index (χ0v) is 16.9. The first-order chi connectivity index (χ1) is 12.1. The van der Waals surface area contributed by atoms with Crippen molar-refractivity contribution in [2.45, 2.75) is 39.0 Å². The van der Waals surface area contributed by atoms with Gasteiger partial charge in [-0.3, -0.25) is 4.98 Å². The van der Waals surface area contributed by atoms with Gasteiger partial charge in [0.25, 0.3) is 0 Å². The predicted octanol–water partition coefficient (Wildman–Crippen LogP) is 6.84. The molecule has 0 amide bonds. The van der Waals surface area contributed by atoms with Crippen molar-refractivity contribution >= 4 is 33.3 Å². The van der Waals surface area contributed by atoms with Crippen LogP contribution in [0.25, 0.3) is 16.6 Å². The van der Waals surface area contributed by atoms with Gasteiger partial charge in [-0.05, 0) is 60.0 Å². The van der Waals surface area contributed by atoms with Crippen LogP contribution in [0, 0.1) is 0 Å². The first kappa shape index (κ1) is 20.9. The summed E-state index contributed by atoms with van der Waals surface area (Å²) in [6.07, 6.45) is 1.15. The van der Waals surface area contributed by atoms with E-state index in [1.165, 1.54) is 17.8 Å². The molecule has 2 nitrogen and oxygen atoms in total. The van der Waals surface area contributed by atoms with Gasteiger partial charge in [0.15, 0.2) is 0 Å². The Morgan fingerprint density at radius 3 is 2.46 bits per heavy atom. The standard InChI is InChI=1S/C18H18BrF4NOS/c1-4-6-14-12(5-2)15(19)16(26-14)13-8-7-11(9-24-13)25-10-17(3,20)18(21,22)23/h4,6-9H,5,10H2,1-3H3/b6-4-. The van der Waals surface area contributed by atoms with Crippen molar-refractivity contribution in [2.75, 3.05) is 6.61 Å². The highest BCUT2D eigenvalue weighted by Crippen LogP contribution is 2.41. The van der Waals surface area contributed by atoms with Crippen molar-refractivity contribution in [3.63, 3.8) is 0 Å². The third-order valence-corrected chi connectivity index (χ3v) is 6.07. The lowest BCUT2D eigenvalue weighted by Gasteiger charge is -2.23. The number of thiophene rings is 1. The van der Waals surface area contributed by atoms with Gasteiger partial charge in [0, 0.05) is 9.35 Å². The fourth-order valence-electron chi connectivity index (χ4n) is 2.14. The minimum absolute atomic E-state index is 0.0824. The molecule has 142 valence electrons. The molecule has 0 aliphatic rings. The lowest BCUT2D eigenvalue weighted by Crippen LogP contribution is -2.43. The monoisotopic (exact) mass is 451 g/mol. The largest absolute Gasteiger partial charge is 0.488 e. The van der Waals surface area contributed by atoms with Crippen LogP contribution in [0.5, 0.6) is 5.75 Å². The average Bonchev–Trinajstić information content (AvgIpc) is 2.88. The molecule has 0 aromatic carbocycles. The molecule has 0 fully saturated rings. The molecule has 2 rings (SSSR count). The molecule has 0 spiro atoms. The molecule has 2 aromatic rings. The number of aromatic nitrogens is 1. The predicted molar refractivity (Wildman–Crippen MR) is 100 cm³/mol. The summed E-state index contributed by atoms with van der Waals surface area (Å²) in [4.78, 5) is 6.29. The number of ether oxygens (including phenoxy) is 1. The fourth-order valence-corrected chi connectivity index (χ4v) is 4.45. The van der Waals surface area contributed by atoms with Crippen molar-refractivity contribution < 1.29 is 22.3 Å². The minimum Gasteiger partial charge on any atom is -0.488 e. The number of nitrogens with zero attached hydrogens (tertiary/aromatic N) is 1. The molecule has 0 saturated carbocycles. The third kappa shape index (κ3) is 4.46. The smallest absolute Gasteiger partial charge is 0.425 e. The molecule has 0 saturated heterocycles. The number of alkyl halides is 4. The zero-order valence-electron chi connectivity index (χ0n) is 14.5. The summed E-state index contributed by atoms with van der Waals surface area (Å²) in [6.45, 7) is 3.33. The molecule has 0 N–H and O–H groups in total. The van der Waals surface area contributed by atoms with E-state index < -0.39 is 18.5 Å². The van der Waals surface area contributed by atoms with Crippen LogP contribution in [0.2, 0.25) is 0 Å². The molecular weight excluding hydrogens is 434 g/mol. The van der Waals surface area contributed by atoms with Gasteiger partial charge in [0.1, 0.15) is 12.4 Å².